The molecule has 0 aromatic heterocycles. The van der Waals surface area contributed by atoms with E-state index in [1.807, 2.05) is 24.3 Å². The second-order valence-electron chi connectivity index (χ2n) is 7.94. The Kier molecular flexibility index (Phi) is 10.3. The van der Waals surface area contributed by atoms with Gasteiger partial charge in [-0.05, 0) is 65.2 Å². The molecule has 168 valence electrons. The average Bonchev–Trinajstić information content (AvgIpc) is 2.85. The number of aryl methyl sites for hydroxylation is 3. The molecule has 3 rings (SSSR count). The Balaban J connectivity index is 1.64. The number of thioether (sulfide) groups is 1. The first kappa shape index (κ1) is 25.0. The molecule has 0 aliphatic rings. The van der Waals surface area contributed by atoms with Gasteiger partial charge in [-0.25, -0.2) is 0 Å². The highest BCUT2D eigenvalue weighted by Gasteiger charge is 2.16. The van der Waals surface area contributed by atoms with E-state index >= 15 is 0 Å². The van der Waals surface area contributed by atoms with Gasteiger partial charge >= 0.3 is 0 Å². The van der Waals surface area contributed by atoms with Gasteiger partial charge in [0, 0.05) is 17.1 Å². The lowest BCUT2D eigenvalue weighted by atomic mass is 9.89. The van der Waals surface area contributed by atoms with Crippen molar-refractivity contribution >= 4 is 42.1 Å². The normalized spacial score (nSPS) is 12.0. The van der Waals surface area contributed by atoms with Crippen LogP contribution in [0.4, 0.5) is 0 Å². The van der Waals surface area contributed by atoms with Crippen LogP contribution in [0.1, 0.15) is 57.4 Å². The Morgan fingerprint density at radius 2 is 1.44 bits per heavy atom. The molecule has 3 aromatic rings. The zero-order valence-corrected chi connectivity index (χ0v) is 21.3. The minimum absolute atomic E-state index is 0.167. The molecule has 0 aliphatic carbocycles. The Labute approximate surface area is 208 Å². The van der Waals surface area contributed by atoms with E-state index in [1.165, 1.54) is 34.0 Å². The quantitative estimate of drug-likeness (QED) is 0.278. The topological polar surface area (TPSA) is 17.1 Å². The zero-order valence-electron chi connectivity index (χ0n) is 18.7. The van der Waals surface area contributed by atoms with Crippen LogP contribution in [-0.2, 0) is 25.0 Å². The van der Waals surface area contributed by atoms with Crippen molar-refractivity contribution in [3.8, 4) is 0 Å². The van der Waals surface area contributed by atoms with Gasteiger partial charge in [0.05, 0.1) is 0 Å². The number of thiol groups is 2. The molecule has 0 amide bonds. The summed E-state index contributed by atoms with van der Waals surface area (Å²) >= 11 is 10.5. The Hall–Kier alpha value is -1.62. The summed E-state index contributed by atoms with van der Waals surface area (Å²) in [5.74, 6) is 2.71. The maximum atomic E-state index is 13.0. The summed E-state index contributed by atoms with van der Waals surface area (Å²) in [6.07, 6.45) is 3.78. The minimum Gasteiger partial charge on any atom is -0.282 e. The molecule has 0 saturated heterocycles. The summed E-state index contributed by atoms with van der Waals surface area (Å²) < 4.78 is 0. The molecule has 0 saturated carbocycles. The van der Waals surface area contributed by atoms with Gasteiger partial charge in [0.25, 0.3) is 0 Å². The monoisotopic (exact) mass is 480 g/mol. The smallest absolute Gasteiger partial charge is 0.219 e. The van der Waals surface area contributed by atoms with Gasteiger partial charge in [-0.3, -0.25) is 4.79 Å². The third kappa shape index (κ3) is 6.69. The summed E-state index contributed by atoms with van der Waals surface area (Å²) in [5, 5.41) is 0.167. The van der Waals surface area contributed by atoms with Crippen molar-refractivity contribution in [3.05, 3.63) is 106 Å². The Morgan fingerprint density at radius 1 is 0.812 bits per heavy atom. The molecule has 1 nitrogen and oxygen atoms in total. The zero-order chi connectivity index (χ0) is 22.8. The van der Waals surface area contributed by atoms with E-state index in [0.29, 0.717) is 5.92 Å². The maximum Gasteiger partial charge on any atom is 0.219 e. The number of rotatable bonds is 11. The SMILES string of the molecule is CCc1ccccc1C(CS)CCc1ccccc1C(=O)SCCc1ccccc1CS. The van der Waals surface area contributed by atoms with Crippen molar-refractivity contribution in [2.45, 2.75) is 44.3 Å². The summed E-state index contributed by atoms with van der Waals surface area (Å²) in [7, 11) is 0. The van der Waals surface area contributed by atoms with Gasteiger partial charge in [-0.2, -0.15) is 25.3 Å². The predicted octanol–water partition coefficient (Wildman–Crippen LogP) is 7.44. The highest BCUT2D eigenvalue weighted by molar-refractivity contribution is 8.14. The van der Waals surface area contributed by atoms with Crippen LogP contribution in [0, 0.1) is 0 Å². The van der Waals surface area contributed by atoms with Crippen LogP contribution in [0.15, 0.2) is 72.8 Å². The van der Waals surface area contributed by atoms with Crippen LogP contribution < -0.4 is 0 Å². The molecule has 1 atom stereocenters. The largest absolute Gasteiger partial charge is 0.282 e. The lowest BCUT2D eigenvalue weighted by Crippen LogP contribution is -2.08. The lowest BCUT2D eigenvalue weighted by molar-refractivity contribution is 0.108. The van der Waals surface area contributed by atoms with E-state index in [-0.39, 0.29) is 5.12 Å². The average molecular weight is 481 g/mol. The Morgan fingerprint density at radius 3 is 2.12 bits per heavy atom. The molecule has 0 bridgehead atoms. The standard InChI is InChI=1S/C28H32OS3/c1-2-21-9-5-7-13-26(21)25(20-31)16-15-23-11-6-8-14-27(23)28(29)32-18-17-22-10-3-4-12-24(22)19-30/h3-14,25,30-31H,2,15-20H2,1H3. The molecule has 4 heteroatoms. The predicted molar refractivity (Wildman–Crippen MR) is 147 cm³/mol. The number of hydrogen-bond acceptors (Lipinski definition) is 4. The van der Waals surface area contributed by atoms with E-state index in [4.69, 9.17) is 0 Å². The third-order valence-corrected chi connectivity index (χ3v) is 7.66. The fourth-order valence-electron chi connectivity index (χ4n) is 4.15. The molecule has 0 heterocycles. The van der Waals surface area contributed by atoms with Crippen LogP contribution in [-0.4, -0.2) is 16.6 Å². The lowest BCUT2D eigenvalue weighted by Gasteiger charge is -2.19. The van der Waals surface area contributed by atoms with E-state index < -0.39 is 0 Å². The first-order chi connectivity index (χ1) is 15.7. The number of hydrogen-bond donors (Lipinski definition) is 2. The van der Waals surface area contributed by atoms with Crippen molar-refractivity contribution in [2.75, 3.05) is 11.5 Å². The molecule has 32 heavy (non-hydrogen) atoms. The van der Waals surface area contributed by atoms with Gasteiger partial charge < -0.3 is 0 Å². The van der Waals surface area contributed by atoms with E-state index in [0.717, 1.165) is 54.1 Å². The van der Waals surface area contributed by atoms with Gasteiger partial charge in [-0.1, -0.05) is 91.5 Å². The first-order valence-electron chi connectivity index (χ1n) is 11.3. The molecule has 0 radical (unpaired) electrons. The number of carbonyl (C=O) groups is 1. The fourth-order valence-corrected chi connectivity index (χ4v) is 5.70. The van der Waals surface area contributed by atoms with Gasteiger partial charge in [0.1, 0.15) is 0 Å². The van der Waals surface area contributed by atoms with Crippen LogP contribution in [0.25, 0.3) is 0 Å². The van der Waals surface area contributed by atoms with Gasteiger partial charge in [-0.15, -0.1) is 0 Å². The highest BCUT2D eigenvalue weighted by Crippen LogP contribution is 2.28. The number of carbonyl (C=O) groups excluding carboxylic acids is 1. The minimum atomic E-state index is 0.167. The van der Waals surface area contributed by atoms with Crippen molar-refractivity contribution in [1.82, 2.24) is 0 Å². The molecule has 3 aromatic carbocycles. The highest BCUT2D eigenvalue weighted by atomic mass is 32.2. The molecular formula is C28H32OS3. The van der Waals surface area contributed by atoms with Crippen molar-refractivity contribution < 1.29 is 4.79 Å². The Bertz CT molecular complexity index is 1010. The van der Waals surface area contributed by atoms with E-state index in [1.54, 1.807) is 0 Å². The van der Waals surface area contributed by atoms with Crippen molar-refractivity contribution in [1.29, 1.82) is 0 Å². The summed E-state index contributed by atoms with van der Waals surface area (Å²) in [6.45, 7) is 2.20. The maximum absolute atomic E-state index is 13.0. The van der Waals surface area contributed by atoms with Gasteiger partial charge in [0.15, 0.2) is 0 Å². The summed E-state index contributed by atoms with van der Waals surface area (Å²) in [4.78, 5) is 13.0. The van der Waals surface area contributed by atoms with E-state index in [9.17, 15) is 4.79 Å². The summed E-state index contributed by atoms with van der Waals surface area (Å²) in [5.41, 5.74) is 7.30. The molecule has 0 N–H and O–H groups in total. The second kappa shape index (κ2) is 13.2. The molecule has 0 fully saturated rings. The third-order valence-electron chi connectivity index (χ3n) is 5.99. The number of benzene rings is 3. The first-order valence-corrected chi connectivity index (χ1v) is 13.5. The second-order valence-corrected chi connectivity index (χ2v) is 9.69. The molecule has 0 aliphatic heterocycles. The van der Waals surface area contributed by atoms with Crippen molar-refractivity contribution in [3.63, 3.8) is 0 Å². The fraction of sp³-hybridized carbons (Fsp3) is 0.321. The molecular weight excluding hydrogens is 449 g/mol. The summed E-state index contributed by atoms with van der Waals surface area (Å²) in [6, 6.07) is 25.1. The van der Waals surface area contributed by atoms with Crippen LogP contribution in [0.3, 0.4) is 0 Å². The van der Waals surface area contributed by atoms with Crippen molar-refractivity contribution in [2.24, 2.45) is 0 Å². The molecule has 0 spiro atoms. The van der Waals surface area contributed by atoms with Crippen LogP contribution >= 0.6 is 37.0 Å². The molecule has 1 unspecified atom stereocenters. The van der Waals surface area contributed by atoms with Gasteiger partial charge in [0.2, 0.25) is 5.12 Å². The van der Waals surface area contributed by atoms with Crippen LogP contribution in [0.2, 0.25) is 0 Å². The van der Waals surface area contributed by atoms with E-state index in [2.05, 4.69) is 80.7 Å². The van der Waals surface area contributed by atoms with Crippen LogP contribution in [0.5, 0.6) is 0 Å².